The quantitative estimate of drug-likeness (QED) is 0.0575. The normalized spacial score (nSPS) is 20.8. The minimum Gasteiger partial charge on any atom is -0.344 e. The summed E-state index contributed by atoms with van der Waals surface area (Å²) in [6.07, 6.45) is 55.2. The van der Waals surface area contributed by atoms with E-state index in [1.54, 1.807) is 0 Å². The van der Waals surface area contributed by atoms with E-state index in [2.05, 4.69) is 76.3 Å². The molecule has 266 valence electrons. The van der Waals surface area contributed by atoms with Crippen molar-refractivity contribution in [2.75, 3.05) is 0 Å². The van der Waals surface area contributed by atoms with Gasteiger partial charge in [0.2, 0.25) is 0 Å². The molecule has 1 saturated heterocycles. The maximum Gasteiger partial charge on any atom is 0.169 e. The Morgan fingerprint density at radius 3 is 1.28 bits per heavy atom. The molecular formula is C44H78O2. The second-order valence-electron chi connectivity index (χ2n) is 15.3. The summed E-state index contributed by atoms with van der Waals surface area (Å²) in [4.78, 5) is 0. The summed E-state index contributed by atoms with van der Waals surface area (Å²) in [5.41, 5.74) is 0.255. The van der Waals surface area contributed by atoms with Gasteiger partial charge in [0.05, 0.1) is 12.2 Å². The number of allylic oxidation sites excluding steroid dienone is 8. The molecule has 1 aliphatic carbocycles. The lowest BCUT2D eigenvalue weighted by atomic mass is 9.89. The number of unbranched alkanes of at least 4 members (excludes halogenated alkanes) is 18. The molecule has 0 N–H and O–H groups in total. The number of fused-ring (bicyclic) bond motifs is 1. The van der Waals surface area contributed by atoms with Gasteiger partial charge in [-0.3, -0.25) is 0 Å². The van der Waals surface area contributed by atoms with E-state index < -0.39 is 0 Å². The van der Waals surface area contributed by atoms with Crippen LogP contribution in [0, 0.1) is 5.41 Å². The zero-order chi connectivity index (χ0) is 33.0. The third kappa shape index (κ3) is 19.0. The van der Waals surface area contributed by atoms with Gasteiger partial charge in [-0.15, -0.1) is 0 Å². The summed E-state index contributed by atoms with van der Waals surface area (Å²) in [6.45, 7) is 9.32. The van der Waals surface area contributed by atoms with E-state index in [9.17, 15) is 0 Å². The fourth-order valence-corrected chi connectivity index (χ4v) is 7.33. The Kier molecular flexibility index (Phi) is 23.9. The molecule has 2 rings (SSSR count). The fourth-order valence-electron chi connectivity index (χ4n) is 7.33. The van der Waals surface area contributed by atoms with Crippen LogP contribution in [0.25, 0.3) is 0 Å². The van der Waals surface area contributed by atoms with Crippen molar-refractivity contribution in [3.05, 3.63) is 48.6 Å². The van der Waals surface area contributed by atoms with Crippen LogP contribution in [0.2, 0.25) is 0 Å². The molecule has 0 aromatic heterocycles. The van der Waals surface area contributed by atoms with Crippen LogP contribution in [0.4, 0.5) is 0 Å². The first-order valence-corrected chi connectivity index (χ1v) is 20.5. The minimum atomic E-state index is -0.308. The van der Waals surface area contributed by atoms with Crippen molar-refractivity contribution >= 4 is 0 Å². The van der Waals surface area contributed by atoms with Gasteiger partial charge < -0.3 is 9.47 Å². The molecule has 1 heterocycles. The third-order valence-corrected chi connectivity index (χ3v) is 10.4. The van der Waals surface area contributed by atoms with Crippen LogP contribution in [0.1, 0.15) is 207 Å². The molecule has 1 saturated carbocycles. The largest absolute Gasteiger partial charge is 0.344 e. The molecule has 0 spiro atoms. The molecule has 0 radical (unpaired) electrons. The SMILES string of the molecule is CCCCC/C=C\C/C=C\CCCCCCCCC1(CCCCCCCC/C=C\C/C=C\CCCCC)OC2CCC(C)(C)C2O1. The highest BCUT2D eigenvalue weighted by Gasteiger charge is 2.55. The lowest BCUT2D eigenvalue weighted by Gasteiger charge is -2.32. The van der Waals surface area contributed by atoms with Crippen molar-refractivity contribution < 1.29 is 9.47 Å². The second-order valence-corrected chi connectivity index (χ2v) is 15.3. The predicted molar refractivity (Wildman–Crippen MR) is 203 cm³/mol. The molecule has 46 heavy (non-hydrogen) atoms. The maximum absolute atomic E-state index is 6.89. The molecule has 0 bridgehead atoms. The van der Waals surface area contributed by atoms with Crippen LogP contribution in [-0.4, -0.2) is 18.0 Å². The predicted octanol–water partition coefficient (Wildman–Crippen LogP) is 14.7. The Labute approximate surface area is 288 Å². The average Bonchev–Trinajstić information content (AvgIpc) is 3.55. The second kappa shape index (κ2) is 26.8. The highest BCUT2D eigenvalue weighted by atomic mass is 16.8. The summed E-state index contributed by atoms with van der Waals surface area (Å²) < 4.78 is 13.7. The Hall–Kier alpha value is -1.12. The van der Waals surface area contributed by atoms with Crippen LogP contribution >= 0.6 is 0 Å². The first-order valence-electron chi connectivity index (χ1n) is 20.5. The van der Waals surface area contributed by atoms with Gasteiger partial charge >= 0.3 is 0 Å². The standard InChI is InChI=1S/C44H78O2/c1-5-7-9-11-13-15-17-19-21-23-25-27-29-31-33-35-38-44(45-41-37-40-43(3,4)42(41)46-44)39-36-34-32-30-28-26-24-22-20-18-16-14-12-10-8-6-2/h13-16,19-22,41-42H,5-12,17-18,23-40H2,1-4H3/b15-13-,16-14-,21-19-,22-20-. The van der Waals surface area contributed by atoms with Crippen molar-refractivity contribution in [1.29, 1.82) is 0 Å². The van der Waals surface area contributed by atoms with Crippen molar-refractivity contribution in [2.24, 2.45) is 5.41 Å². The van der Waals surface area contributed by atoms with E-state index in [1.165, 1.54) is 154 Å². The zero-order valence-corrected chi connectivity index (χ0v) is 31.4. The molecule has 0 aromatic carbocycles. The molecular weight excluding hydrogens is 560 g/mol. The van der Waals surface area contributed by atoms with Gasteiger partial charge in [-0.05, 0) is 95.3 Å². The topological polar surface area (TPSA) is 18.5 Å². The van der Waals surface area contributed by atoms with Gasteiger partial charge in [0.25, 0.3) is 0 Å². The van der Waals surface area contributed by atoms with E-state index in [-0.39, 0.29) is 11.2 Å². The minimum absolute atomic E-state index is 0.255. The van der Waals surface area contributed by atoms with Crippen molar-refractivity contribution in [2.45, 2.75) is 225 Å². The van der Waals surface area contributed by atoms with Crippen molar-refractivity contribution in [3.63, 3.8) is 0 Å². The first-order chi connectivity index (χ1) is 22.5. The Morgan fingerprint density at radius 2 is 0.870 bits per heavy atom. The van der Waals surface area contributed by atoms with Crippen LogP contribution in [0.3, 0.4) is 0 Å². The smallest absolute Gasteiger partial charge is 0.169 e. The molecule has 0 aromatic rings. The van der Waals surface area contributed by atoms with Crippen LogP contribution in [0.5, 0.6) is 0 Å². The highest BCUT2D eigenvalue weighted by molar-refractivity contribution is 5.00. The summed E-state index contributed by atoms with van der Waals surface area (Å²) in [5.74, 6) is -0.308. The molecule has 2 aliphatic rings. The Balaban J connectivity index is 1.54. The molecule has 2 nitrogen and oxygen atoms in total. The highest BCUT2D eigenvalue weighted by Crippen LogP contribution is 2.51. The van der Waals surface area contributed by atoms with Crippen LogP contribution in [-0.2, 0) is 9.47 Å². The molecule has 1 aliphatic heterocycles. The molecule has 2 fully saturated rings. The maximum atomic E-state index is 6.89. The van der Waals surface area contributed by atoms with E-state index in [0.717, 1.165) is 25.7 Å². The van der Waals surface area contributed by atoms with Crippen molar-refractivity contribution in [3.8, 4) is 0 Å². The van der Waals surface area contributed by atoms with Crippen LogP contribution in [0.15, 0.2) is 48.6 Å². The number of hydrogen-bond acceptors (Lipinski definition) is 2. The number of rotatable bonds is 30. The summed E-state index contributed by atoms with van der Waals surface area (Å²) in [5, 5.41) is 0. The average molecular weight is 639 g/mol. The lowest BCUT2D eigenvalue weighted by molar-refractivity contribution is -0.199. The zero-order valence-electron chi connectivity index (χ0n) is 31.4. The van der Waals surface area contributed by atoms with E-state index >= 15 is 0 Å². The van der Waals surface area contributed by atoms with Gasteiger partial charge in [-0.2, -0.15) is 0 Å². The summed E-state index contributed by atoms with van der Waals surface area (Å²) >= 11 is 0. The monoisotopic (exact) mass is 639 g/mol. The van der Waals surface area contributed by atoms with Crippen LogP contribution < -0.4 is 0 Å². The van der Waals surface area contributed by atoms with Gasteiger partial charge in [0.1, 0.15) is 0 Å². The van der Waals surface area contributed by atoms with E-state index in [0.29, 0.717) is 12.2 Å². The summed E-state index contributed by atoms with van der Waals surface area (Å²) in [6, 6.07) is 0. The van der Waals surface area contributed by atoms with Gasteiger partial charge in [0.15, 0.2) is 5.79 Å². The van der Waals surface area contributed by atoms with Gasteiger partial charge in [-0.1, -0.05) is 153 Å². The number of hydrogen-bond donors (Lipinski definition) is 0. The lowest BCUT2D eigenvalue weighted by Crippen LogP contribution is -2.34. The van der Waals surface area contributed by atoms with Gasteiger partial charge in [0, 0.05) is 12.8 Å². The Morgan fingerprint density at radius 1 is 0.478 bits per heavy atom. The van der Waals surface area contributed by atoms with Crippen molar-refractivity contribution in [1.82, 2.24) is 0 Å². The molecule has 2 heteroatoms. The molecule has 2 atom stereocenters. The first kappa shape index (κ1) is 41.1. The fraction of sp³-hybridized carbons (Fsp3) is 0.818. The molecule has 2 unspecified atom stereocenters. The molecule has 0 amide bonds. The number of ether oxygens (including phenoxy) is 2. The van der Waals surface area contributed by atoms with Gasteiger partial charge in [-0.25, -0.2) is 0 Å². The third-order valence-electron chi connectivity index (χ3n) is 10.4. The van der Waals surface area contributed by atoms with E-state index in [1.807, 2.05) is 0 Å². The Bertz CT molecular complexity index is 770. The summed E-state index contributed by atoms with van der Waals surface area (Å²) in [7, 11) is 0. The van der Waals surface area contributed by atoms with E-state index in [4.69, 9.17) is 9.47 Å².